The SMILES string of the molecule is CCC[P+](CCC)(CCC)C(C)OC(=O)NC(CC)[Si](OC)(OC)OC.F[P-](F)(F)(F)(F)F. The predicted molar refractivity (Wildman–Crippen MR) is 126 cm³/mol. The van der Waals surface area contributed by atoms with Gasteiger partial charge in [0.15, 0.2) is 0 Å². The first kappa shape index (κ1) is 35.0. The second-order valence-electron chi connectivity index (χ2n) is 7.67. The van der Waals surface area contributed by atoms with E-state index in [9.17, 15) is 30.0 Å². The second-order valence-corrected chi connectivity index (χ2v) is 17.2. The van der Waals surface area contributed by atoms with Crippen LogP contribution in [0.2, 0.25) is 0 Å². The number of nitrogens with one attached hydrogen (secondary N) is 1. The molecule has 2 unspecified atom stereocenters. The van der Waals surface area contributed by atoms with Crippen LogP contribution in [0.3, 0.4) is 0 Å². The standard InChI is InChI=1S/C18H40NO5PSi.F6P/c1-9-13-25(14-10-2,15-11-3)16(5)24-18(20)19-17(12-4)26(21-6,22-7)23-8;1-7(2,3,4,5)6/h16-17H,9-15H2,1-8H3;/q;-1/p+1. The fraction of sp³-hybridized carbons (Fsp3) is 0.944. The Morgan fingerprint density at radius 3 is 1.42 bits per heavy atom. The Hall–Kier alpha value is -0.193. The van der Waals surface area contributed by atoms with E-state index >= 15 is 0 Å². The quantitative estimate of drug-likeness (QED) is 0.134. The van der Waals surface area contributed by atoms with Crippen LogP contribution in [0.25, 0.3) is 0 Å². The van der Waals surface area contributed by atoms with E-state index < -0.39 is 30.0 Å². The van der Waals surface area contributed by atoms with E-state index in [1.165, 1.54) is 18.5 Å². The molecule has 0 heterocycles. The Kier molecular flexibility index (Phi) is 14.0. The zero-order valence-corrected chi connectivity index (χ0v) is 23.6. The van der Waals surface area contributed by atoms with Crippen molar-refractivity contribution in [2.45, 2.75) is 71.8 Å². The number of ether oxygens (including phenoxy) is 1. The van der Waals surface area contributed by atoms with Gasteiger partial charge in [0.2, 0.25) is 5.85 Å². The Balaban J connectivity index is 0. The maximum absolute atomic E-state index is 12.6. The number of alkyl carbamates (subject to hydrolysis) is 1. The van der Waals surface area contributed by atoms with Crippen molar-refractivity contribution in [1.82, 2.24) is 5.32 Å². The summed E-state index contributed by atoms with van der Waals surface area (Å²) in [5.41, 5.74) is -0.335. The summed E-state index contributed by atoms with van der Waals surface area (Å²) in [7, 11) is -10.3. The summed E-state index contributed by atoms with van der Waals surface area (Å²) < 4.78 is 81.6. The van der Waals surface area contributed by atoms with Crippen molar-refractivity contribution in [3.05, 3.63) is 0 Å². The van der Waals surface area contributed by atoms with Gasteiger partial charge in [-0.3, -0.25) is 0 Å². The molecule has 15 heteroatoms. The van der Waals surface area contributed by atoms with Crippen molar-refractivity contribution in [1.29, 1.82) is 0 Å². The van der Waals surface area contributed by atoms with Gasteiger partial charge in [0.1, 0.15) is 5.67 Å². The number of carbonyl (C=O) groups excluding carboxylic acids is 1. The number of amides is 1. The molecule has 0 saturated heterocycles. The van der Waals surface area contributed by atoms with Gasteiger partial charge >= 0.3 is 47.9 Å². The normalized spacial score (nSPS) is 16.5. The molecule has 0 aliphatic rings. The van der Waals surface area contributed by atoms with Gasteiger partial charge in [-0.1, -0.05) is 27.7 Å². The number of halogens is 6. The molecular formula is C18H41F6NO5P2Si. The van der Waals surface area contributed by atoms with Gasteiger partial charge in [-0.05, 0) is 25.7 Å². The van der Waals surface area contributed by atoms with E-state index in [1.54, 1.807) is 21.3 Å². The summed E-state index contributed by atoms with van der Waals surface area (Å²) >= 11 is 0. The van der Waals surface area contributed by atoms with Crippen molar-refractivity contribution in [3.63, 3.8) is 0 Å². The summed E-state index contributed by atoms with van der Waals surface area (Å²) in [5.74, 6) is -0.0384. The van der Waals surface area contributed by atoms with Crippen molar-refractivity contribution in [2.24, 2.45) is 0 Å². The monoisotopic (exact) mass is 555 g/mol. The first-order valence-corrected chi connectivity index (χ1v) is 17.1. The van der Waals surface area contributed by atoms with E-state index in [0.717, 1.165) is 19.3 Å². The van der Waals surface area contributed by atoms with E-state index in [2.05, 4.69) is 33.0 Å². The molecule has 1 amide bonds. The summed E-state index contributed by atoms with van der Waals surface area (Å²) in [5, 5.41) is 2.93. The average Bonchev–Trinajstić information content (AvgIpc) is 2.66. The van der Waals surface area contributed by atoms with E-state index in [0.29, 0.717) is 6.42 Å². The first-order chi connectivity index (χ1) is 14.8. The fourth-order valence-electron chi connectivity index (χ4n) is 3.78. The Labute approximate surface area is 195 Å². The van der Waals surface area contributed by atoms with Crippen LogP contribution < -0.4 is 5.32 Å². The van der Waals surface area contributed by atoms with Gasteiger partial charge in [0.25, 0.3) is 0 Å². The van der Waals surface area contributed by atoms with Crippen LogP contribution in [0.5, 0.6) is 0 Å². The van der Waals surface area contributed by atoms with Crippen LogP contribution in [0.15, 0.2) is 0 Å². The first-order valence-electron chi connectivity index (χ1n) is 10.8. The molecule has 33 heavy (non-hydrogen) atoms. The zero-order valence-electron chi connectivity index (χ0n) is 20.8. The Morgan fingerprint density at radius 1 is 0.848 bits per heavy atom. The average molecular weight is 556 g/mol. The predicted octanol–water partition coefficient (Wildman–Crippen LogP) is 7.88. The fourth-order valence-corrected chi connectivity index (χ4v) is 10.7. The summed E-state index contributed by atoms with van der Waals surface area (Å²) in [6.45, 7) is 10.7. The van der Waals surface area contributed by atoms with Gasteiger partial charge < -0.3 is 23.3 Å². The molecule has 0 aromatic rings. The zero-order chi connectivity index (χ0) is 26.6. The van der Waals surface area contributed by atoms with Crippen LogP contribution >= 0.6 is 15.1 Å². The molecule has 0 rings (SSSR count). The molecule has 6 nitrogen and oxygen atoms in total. The van der Waals surface area contributed by atoms with Crippen LogP contribution in [-0.4, -0.2) is 66.2 Å². The van der Waals surface area contributed by atoms with Gasteiger partial charge in [0.05, 0.1) is 25.7 Å². The van der Waals surface area contributed by atoms with Gasteiger partial charge in [-0.15, -0.1) is 0 Å². The van der Waals surface area contributed by atoms with Gasteiger partial charge in [-0.2, -0.15) is 0 Å². The van der Waals surface area contributed by atoms with Crippen LogP contribution in [0.1, 0.15) is 60.3 Å². The summed E-state index contributed by atoms with van der Waals surface area (Å²) in [4.78, 5) is 12.6. The van der Waals surface area contributed by atoms with Crippen LogP contribution in [0, 0.1) is 0 Å². The van der Waals surface area contributed by atoms with Crippen molar-refractivity contribution >= 4 is 30.0 Å². The molecule has 0 aromatic carbocycles. The van der Waals surface area contributed by atoms with E-state index in [-0.39, 0.29) is 11.5 Å². The summed E-state index contributed by atoms with van der Waals surface area (Å²) in [6, 6.07) is 0. The molecule has 0 aliphatic carbocycles. The molecule has 0 spiro atoms. The third-order valence-electron chi connectivity index (χ3n) is 5.04. The number of hydrogen-bond acceptors (Lipinski definition) is 5. The van der Waals surface area contributed by atoms with Crippen molar-refractivity contribution in [2.75, 3.05) is 39.8 Å². The van der Waals surface area contributed by atoms with Crippen molar-refractivity contribution < 1.29 is 48.0 Å². The minimum absolute atomic E-state index is 0.0384. The third kappa shape index (κ3) is 15.4. The topological polar surface area (TPSA) is 66.0 Å². The molecule has 2 atom stereocenters. The van der Waals surface area contributed by atoms with E-state index in [4.69, 9.17) is 18.0 Å². The summed E-state index contributed by atoms with van der Waals surface area (Å²) in [6.07, 6.45) is 7.16. The number of rotatable bonds is 14. The number of carbonyl (C=O) groups is 1. The molecular weight excluding hydrogens is 514 g/mol. The molecule has 0 aromatic heterocycles. The van der Waals surface area contributed by atoms with Gasteiger partial charge in [-0.25, -0.2) is 4.79 Å². The Morgan fingerprint density at radius 2 is 1.18 bits per heavy atom. The van der Waals surface area contributed by atoms with E-state index in [1.807, 2.05) is 6.92 Å². The molecule has 204 valence electrons. The number of hydrogen-bond donors (Lipinski definition) is 1. The molecule has 0 fully saturated rings. The second kappa shape index (κ2) is 13.2. The maximum atomic E-state index is 12.6. The molecule has 1 N–H and O–H groups in total. The van der Waals surface area contributed by atoms with Crippen molar-refractivity contribution in [3.8, 4) is 0 Å². The minimum atomic E-state index is -10.7. The van der Waals surface area contributed by atoms with Gasteiger partial charge in [0, 0.05) is 28.3 Å². The third-order valence-corrected chi connectivity index (χ3v) is 13.8. The molecule has 0 radical (unpaired) electrons. The van der Waals surface area contributed by atoms with Crippen LogP contribution in [0.4, 0.5) is 30.0 Å². The molecule has 0 saturated carbocycles. The van der Waals surface area contributed by atoms with Crippen LogP contribution in [-0.2, 0) is 18.0 Å². The Bertz CT molecular complexity index is 545. The molecule has 0 bridgehead atoms. The molecule has 0 aliphatic heterocycles.